The third-order valence-corrected chi connectivity index (χ3v) is 5.86. The average molecular weight is 445 g/mol. The molecule has 1 aliphatic heterocycles. The smallest absolute Gasteiger partial charge is 0.252 e. The number of aromatic nitrogens is 4. The van der Waals surface area contributed by atoms with E-state index >= 15 is 0 Å². The van der Waals surface area contributed by atoms with Crippen LogP contribution in [-0.4, -0.2) is 66.2 Å². The fraction of sp³-hybridized carbons (Fsp3) is 0.400. The molecule has 11 heteroatoms. The highest BCUT2D eigenvalue weighted by atomic mass is 32.2. The second-order valence-corrected chi connectivity index (χ2v) is 8.18. The third kappa shape index (κ3) is 4.35. The van der Waals surface area contributed by atoms with Crippen LogP contribution in [0.3, 0.4) is 0 Å². The molecule has 2 aromatic heterocycles. The number of hydrogen-bond acceptors (Lipinski definition) is 9. The zero-order valence-corrected chi connectivity index (χ0v) is 17.7. The molecule has 0 saturated carbocycles. The summed E-state index contributed by atoms with van der Waals surface area (Å²) in [5.74, 6) is 0.468. The normalized spacial score (nSPS) is 23.3. The van der Waals surface area contributed by atoms with E-state index < -0.39 is 30.4 Å². The number of likely N-dealkylation sites (N-methyl/N-ethyl adjacent to an activating group) is 1. The molecule has 0 aliphatic carbocycles. The van der Waals surface area contributed by atoms with Crippen molar-refractivity contribution in [3.63, 3.8) is 0 Å². The van der Waals surface area contributed by atoms with Gasteiger partial charge in [-0.25, -0.2) is 15.0 Å². The highest BCUT2D eigenvalue weighted by Crippen LogP contribution is 2.33. The Balaban J connectivity index is 1.55. The maximum absolute atomic E-state index is 12.1. The molecule has 5 N–H and O–H groups in total. The number of nitrogens with two attached hydrogens (primary N) is 1. The minimum absolute atomic E-state index is 0.208. The summed E-state index contributed by atoms with van der Waals surface area (Å²) in [6.07, 6.45) is -2.70. The zero-order valence-electron chi connectivity index (χ0n) is 16.9. The fourth-order valence-corrected chi connectivity index (χ4v) is 4.29. The maximum atomic E-state index is 12.1. The largest absolute Gasteiger partial charge is 0.387 e. The number of rotatable bonds is 7. The molecule has 3 heterocycles. The van der Waals surface area contributed by atoms with Gasteiger partial charge in [-0.3, -0.25) is 9.36 Å². The van der Waals surface area contributed by atoms with E-state index in [-0.39, 0.29) is 5.82 Å². The number of nitrogens with one attached hydrogen (secondary N) is 1. The van der Waals surface area contributed by atoms with E-state index in [0.717, 1.165) is 12.2 Å². The van der Waals surface area contributed by atoms with Crippen LogP contribution in [0.25, 0.3) is 11.2 Å². The molecule has 0 spiro atoms. The van der Waals surface area contributed by atoms with Gasteiger partial charge in [-0.1, -0.05) is 42.1 Å². The van der Waals surface area contributed by atoms with Crippen LogP contribution in [-0.2, 0) is 16.0 Å². The summed E-state index contributed by atoms with van der Waals surface area (Å²) in [6.45, 7) is 2.14. The lowest BCUT2D eigenvalue weighted by Gasteiger charge is -2.16. The van der Waals surface area contributed by atoms with Gasteiger partial charge in [0, 0.05) is 12.3 Å². The van der Waals surface area contributed by atoms with Crippen LogP contribution in [0.4, 0.5) is 5.82 Å². The van der Waals surface area contributed by atoms with Crippen LogP contribution in [0.5, 0.6) is 0 Å². The van der Waals surface area contributed by atoms with Gasteiger partial charge >= 0.3 is 0 Å². The minimum atomic E-state index is -1.38. The summed E-state index contributed by atoms with van der Waals surface area (Å²) in [5.41, 5.74) is 8.01. The van der Waals surface area contributed by atoms with Gasteiger partial charge < -0.3 is 26.0 Å². The highest BCUT2D eigenvalue weighted by Gasteiger charge is 2.47. The van der Waals surface area contributed by atoms with Gasteiger partial charge in [0.15, 0.2) is 29.0 Å². The van der Waals surface area contributed by atoms with Crippen molar-refractivity contribution >= 4 is 34.7 Å². The Morgan fingerprint density at radius 3 is 2.77 bits per heavy atom. The van der Waals surface area contributed by atoms with E-state index in [9.17, 15) is 15.0 Å². The molecule has 3 aromatic rings. The van der Waals surface area contributed by atoms with Crippen LogP contribution >= 0.6 is 11.8 Å². The first-order valence-corrected chi connectivity index (χ1v) is 10.9. The summed E-state index contributed by atoms with van der Waals surface area (Å²) >= 11 is 1.45. The Hall–Kier alpha value is -2.73. The zero-order chi connectivity index (χ0) is 22.0. The SMILES string of the molecule is CCNC(=O)[C@H]1OC(n2cnc3c(N)nc(SCCc4ccccc4)nc32)[C@H](O)[C@@H]1O. The van der Waals surface area contributed by atoms with E-state index in [2.05, 4.69) is 32.4 Å². The number of nitrogen functional groups attached to an aromatic ring is 1. The molecular weight excluding hydrogens is 420 g/mol. The van der Waals surface area contributed by atoms with Crippen LogP contribution in [0.1, 0.15) is 18.7 Å². The minimum Gasteiger partial charge on any atom is -0.387 e. The number of aryl methyl sites for hydroxylation is 1. The Kier molecular flexibility index (Phi) is 6.37. The van der Waals surface area contributed by atoms with E-state index in [1.807, 2.05) is 18.2 Å². The van der Waals surface area contributed by atoms with Gasteiger partial charge in [-0.2, -0.15) is 0 Å². The van der Waals surface area contributed by atoms with Crippen molar-refractivity contribution in [2.75, 3.05) is 18.0 Å². The highest BCUT2D eigenvalue weighted by molar-refractivity contribution is 7.99. The average Bonchev–Trinajstić information content (AvgIpc) is 3.31. The Labute approximate surface area is 182 Å². The summed E-state index contributed by atoms with van der Waals surface area (Å²) in [6, 6.07) is 10.1. The second kappa shape index (κ2) is 9.18. The molecule has 1 aliphatic rings. The summed E-state index contributed by atoms with van der Waals surface area (Å²) in [7, 11) is 0. The van der Waals surface area contributed by atoms with E-state index in [0.29, 0.717) is 22.9 Å². The van der Waals surface area contributed by atoms with Gasteiger partial charge in [0.05, 0.1) is 6.33 Å². The molecule has 0 radical (unpaired) electrons. The standard InChI is InChI=1S/C20H24N6O4S/c1-2-22-18(29)15-13(27)14(28)19(30-15)26-10-23-12-16(21)24-20(25-17(12)26)31-9-8-11-6-4-3-5-7-11/h3-7,10,13-15,19,27-28H,2,8-9H2,1H3,(H,22,29)(H2,21,24,25)/t13-,14+,15-,19?/m0/s1. The first-order chi connectivity index (χ1) is 15.0. The predicted octanol–water partition coefficient (Wildman–Crippen LogP) is 0.499. The molecule has 4 atom stereocenters. The Morgan fingerprint density at radius 1 is 1.26 bits per heavy atom. The number of aliphatic hydroxyl groups excluding tert-OH is 2. The van der Waals surface area contributed by atoms with Crippen molar-refractivity contribution < 1.29 is 19.7 Å². The van der Waals surface area contributed by atoms with E-state index in [1.165, 1.54) is 28.2 Å². The maximum Gasteiger partial charge on any atom is 0.252 e. The van der Waals surface area contributed by atoms with Crippen molar-refractivity contribution in [2.45, 2.75) is 43.0 Å². The summed E-state index contributed by atoms with van der Waals surface area (Å²) in [5, 5.41) is 23.9. The molecule has 0 bridgehead atoms. The number of anilines is 1. The molecule has 1 aromatic carbocycles. The van der Waals surface area contributed by atoms with Crippen molar-refractivity contribution in [1.29, 1.82) is 0 Å². The quantitative estimate of drug-likeness (QED) is 0.302. The summed E-state index contributed by atoms with van der Waals surface area (Å²) < 4.78 is 7.15. The molecule has 10 nitrogen and oxygen atoms in total. The number of imidazole rings is 1. The molecule has 1 amide bonds. The second-order valence-electron chi connectivity index (χ2n) is 7.12. The van der Waals surface area contributed by atoms with Crippen LogP contribution in [0.15, 0.2) is 41.8 Å². The number of carbonyl (C=O) groups excluding carboxylic acids is 1. The van der Waals surface area contributed by atoms with E-state index in [1.54, 1.807) is 6.92 Å². The molecule has 31 heavy (non-hydrogen) atoms. The van der Waals surface area contributed by atoms with Crippen LogP contribution in [0, 0.1) is 0 Å². The van der Waals surface area contributed by atoms with Crippen molar-refractivity contribution in [3.05, 3.63) is 42.2 Å². The molecule has 1 unspecified atom stereocenters. The van der Waals surface area contributed by atoms with Gasteiger partial charge in [0.25, 0.3) is 5.91 Å². The van der Waals surface area contributed by atoms with Crippen LogP contribution in [0.2, 0.25) is 0 Å². The summed E-state index contributed by atoms with van der Waals surface area (Å²) in [4.78, 5) is 25.2. The van der Waals surface area contributed by atoms with E-state index in [4.69, 9.17) is 10.5 Å². The molecular formula is C20H24N6O4S. The van der Waals surface area contributed by atoms with Crippen molar-refractivity contribution in [3.8, 4) is 0 Å². The number of ether oxygens (including phenoxy) is 1. The monoisotopic (exact) mass is 444 g/mol. The van der Waals surface area contributed by atoms with Gasteiger partial charge in [-0.15, -0.1) is 0 Å². The number of thioether (sulfide) groups is 1. The topological polar surface area (TPSA) is 148 Å². The number of benzene rings is 1. The molecule has 1 fully saturated rings. The lowest BCUT2D eigenvalue weighted by Crippen LogP contribution is -2.42. The molecule has 1 saturated heterocycles. The van der Waals surface area contributed by atoms with Gasteiger partial charge in [0.1, 0.15) is 17.7 Å². The number of hydrogen-bond donors (Lipinski definition) is 4. The predicted molar refractivity (Wildman–Crippen MR) is 115 cm³/mol. The fourth-order valence-electron chi connectivity index (χ4n) is 3.45. The Morgan fingerprint density at radius 2 is 2.03 bits per heavy atom. The number of aliphatic hydroxyl groups is 2. The third-order valence-electron chi connectivity index (χ3n) is 5.01. The number of fused-ring (bicyclic) bond motifs is 1. The lowest BCUT2D eigenvalue weighted by molar-refractivity contribution is -0.137. The van der Waals surface area contributed by atoms with Crippen LogP contribution < -0.4 is 11.1 Å². The first-order valence-electron chi connectivity index (χ1n) is 9.95. The lowest BCUT2D eigenvalue weighted by atomic mass is 10.1. The van der Waals surface area contributed by atoms with Gasteiger partial charge in [-0.05, 0) is 18.9 Å². The van der Waals surface area contributed by atoms with Crippen molar-refractivity contribution in [2.24, 2.45) is 0 Å². The first kappa shape index (κ1) is 21.5. The Bertz CT molecular complexity index is 1060. The van der Waals surface area contributed by atoms with Gasteiger partial charge in [0.2, 0.25) is 0 Å². The number of carbonyl (C=O) groups is 1. The molecule has 164 valence electrons. The number of amides is 1. The number of nitrogens with zero attached hydrogens (tertiary/aromatic N) is 4. The molecule has 4 rings (SSSR count). The van der Waals surface area contributed by atoms with Crippen molar-refractivity contribution in [1.82, 2.24) is 24.8 Å².